The Balaban J connectivity index is 1.58. The fourth-order valence-electron chi connectivity index (χ4n) is 3.38. The van der Waals surface area contributed by atoms with E-state index in [4.69, 9.17) is 4.98 Å². The van der Waals surface area contributed by atoms with Crippen LogP contribution in [0.2, 0.25) is 0 Å². The van der Waals surface area contributed by atoms with E-state index in [1.54, 1.807) is 0 Å². The molecule has 0 aliphatic carbocycles. The molecule has 2 aliphatic rings. The first kappa shape index (κ1) is 13.5. The molecule has 2 fully saturated rings. The van der Waals surface area contributed by atoms with E-state index in [0.29, 0.717) is 11.3 Å². The minimum absolute atomic E-state index is 0.555. The van der Waals surface area contributed by atoms with E-state index in [9.17, 15) is 0 Å². The summed E-state index contributed by atoms with van der Waals surface area (Å²) in [4.78, 5) is 7.39. The second-order valence-corrected chi connectivity index (χ2v) is 7.47. The van der Waals surface area contributed by atoms with E-state index in [2.05, 4.69) is 29.4 Å². The largest absolute Gasteiger partial charge is 0.317 e. The van der Waals surface area contributed by atoms with Crippen molar-refractivity contribution >= 4 is 11.3 Å². The first-order valence-electron chi connectivity index (χ1n) is 7.54. The van der Waals surface area contributed by atoms with Crippen LogP contribution in [0.15, 0.2) is 5.38 Å². The fourth-order valence-corrected chi connectivity index (χ4v) is 4.38. The second-order valence-electron chi connectivity index (χ2n) is 6.53. The molecule has 1 spiro atoms. The number of nitrogens with zero attached hydrogens (tertiary/aromatic N) is 2. The zero-order chi connectivity index (χ0) is 13.3. The third-order valence-corrected chi connectivity index (χ3v) is 5.55. The molecule has 19 heavy (non-hydrogen) atoms. The summed E-state index contributed by atoms with van der Waals surface area (Å²) in [6, 6.07) is 0. The lowest BCUT2D eigenvalue weighted by Gasteiger charge is -2.33. The van der Waals surface area contributed by atoms with Crippen LogP contribution in [0, 0.1) is 5.41 Å². The summed E-state index contributed by atoms with van der Waals surface area (Å²) in [5.41, 5.74) is 1.87. The third-order valence-electron chi connectivity index (χ3n) is 4.70. The number of piperidine rings is 1. The molecule has 2 aliphatic heterocycles. The highest BCUT2D eigenvalue weighted by Gasteiger charge is 2.38. The van der Waals surface area contributed by atoms with E-state index < -0.39 is 0 Å². The van der Waals surface area contributed by atoms with Crippen LogP contribution in [-0.2, 0) is 6.54 Å². The first-order valence-corrected chi connectivity index (χ1v) is 8.42. The van der Waals surface area contributed by atoms with Crippen LogP contribution in [-0.4, -0.2) is 36.1 Å². The maximum atomic E-state index is 4.77. The topological polar surface area (TPSA) is 28.2 Å². The van der Waals surface area contributed by atoms with Crippen LogP contribution in [0.4, 0.5) is 0 Å². The SMILES string of the molecule is CC(C)c1csc(CN2CCC3(CCNCC3)C2)n1. The van der Waals surface area contributed by atoms with E-state index in [1.165, 1.54) is 56.1 Å². The Hall–Kier alpha value is -0.450. The second kappa shape index (κ2) is 5.51. The Kier molecular flexibility index (Phi) is 3.92. The molecule has 3 rings (SSSR count). The number of hydrogen-bond donors (Lipinski definition) is 1. The maximum absolute atomic E-state index is 4.77. The van der Waals surface area contributed by atoms with Crippen LogP contribution in [0.1, 0.15) is 49.7 Å². The van der Waals surface area contributed by atoms with Gasteiger partial charge in [0.1, 0.15) is 5.01 Å². The van der Waals surface area contributed by atoms with Gasteiger partial charge in [0.15, 0.2) is 0 Å². The minimum atomic E-state index is 0.555. The zero-order valence-electron chi connectivity index (χ0n) is 12.1. The van der Waals surface area contributed by atoms with Crippen molar-refractivity contribution in [1.82, 2.24) is 15.2 Å². The lowest BCUT2D eigenvalue weighted by atomic mass is 9.78. The van der Waals surface area contributed by atoms with Crippen LogP contribution >= 0.6 is 11.3 Å². The average Bonchev–Trinajstić information content (AvgIpc) is 2.99. The normalized spacial score (nSPS) is 23.5. The van der Waals surface area contributed by atoms with Crippen molar-refractivity contribution in [3.8, 4) is 0 Å². The highest BCUT2D eigenvalue weighted by atomic mass is 32.1. The molecule has 0 aromatic carbocycles. The summed E-state index contributed by atoms with van der Waals surface area (Å²) in [5, 5.41) is 7.02. The fraction of sp³-hybridized carbons (Fsp3) is 0.800. The van der Waals surface area contributed by atoms with Gasteiger partial charge < -0.3 is 5.32 Å². The Morgan fingerprint density at radius 1 is 1.37 bits per heavy atom. The van der Waals surface area contributed by atoms with Gasteiger partial charge >= 0.3 is 0 Å². The van der Waals surface area contributed by atoms with Gasteiger partial charge in [-0.2, -0.15) is 0 Å². The minimum Gasteiger partial charge on any atom is -0.317 e. The molecule has 0 unspecified atom stereocenters. The quantitative estimate of drug-likeness (QED) is 0.922. The van der Waals surface area contributed by atoms with Crippen molar-refractivity contribution in [2.75, 3.05) is 26.2 Å². The summed E-state index contributed by atoms with van der Waals surface area (Å²) in [7, 11) is 0. The molecule has 0 bridgehead atoms. The van der Waals surface area contributed by atoms with Gasteiger partial charge in [0.05, 0.1) is 12.2 Å². The Morgan fingerprint density at radius 2 is 2.16 bits per heavy atom. The monoisotopic (exact) mass is 279 g/mol. The van der Waals surface area contributed by atoms with Gasteiger partial charge in [-0.05, 0) is 50.2 Å². The van der Waals surface area contributed by atoms with Crippen molar-refractivity contribution in [2.45, 2.75) is 45.6 Å². The predicted octanol–water partition coefficient (Wildman–Crippen LogP) is 2.84. The smallest absolute Gasteiger partial charge is 0.107 e. The summed E-state index contributed by atoms with van der Waals surface area (Å²) in [6.07, 6.45) is 4.11. The van der Waals surface area contributed by atoms with Crippen molar-refractivity contribution in [1.29, 1.82) is 0 Å². The van der Waals surface area contributed by atoms with Gasteiger partial charge in [0.2, 0.25) is 0 Å². The summed E-state index contributed by atoms with van der Waals surface area (Å²) in [6.45, 7) is 10.5. The lowest BCUT2D eigenvalue weighted by Crippen LogP contribution is -2.38. The van der Waals surface area contributed by atoms with Gasteiger partial charge in [-0.3, -0.25) is 4.90 Å². The van der Waals surface area contributed by atoms with E-state index >= 15 is 0 Å². The number of rotatable bonds is 3. The Morgan fingerprint density at radius 3 is 2.84 bits per heavy atom. The van der Waals surface area contributed by atoms with Crippen LogP contribution < -0.4 is 5.32 Å². The Labute approximate surface area is 120 Å². The molecule has 0 atom stereocenters. The number of aromatic nitrogens is 1. The molecule has 106 valence electrons. The number of likely N-dealkylation sites (tertiary alicyclic amines) is 1. The molecule has 0 radical (unpaired) electrons. The zero-order valence-corrected chi connectivity index (χ0v) is 12.9. The number of thiazole rings is 1. The molecule has 0 amide bonds. The molecule has 1 N–H and O–H groups in total. The van der Waals surface area contributed by atoms with E-state index in [0.717, 1.165) is 6.54 Å². The molecular formula is C15H25N3S. The van der Waals surface area contributed by atoms with Gasteiger partial charge in [-0.1, -0.05) is 13.8 Å². The molecule has 4 heteroatoms. The van der Waals surface area contributed by atoms with Gasteiger partial charge in [-0.15, -0.1) is 11.3 Å². The van der Waals surface area contributed by atoms with Crippen molar-refractivity contribution < 1.29 is 0 Å². The highest BCUT2D eigenvalue weighted by Crippen LogP contribution is 2.39. The molecule has 3 nitrogen and oxygen atoms in total. The predicted molar refractivity (Wildman–Crippen MR) is 80.6 cm³/mol. The molecular weight excluding hydrogens is 254 g/mol. The van der Waals surface area contributed by atoms with Crippen LogP contribution in [0.3, 0.4) is 0 Å². The standard InChI is InChI=1S/C15H25N3S/c1-12(2)13-10-19-14(17-13)9-18-8-5-15(11-18)3-6-16-7-4-15/h10,12,16H,3-9,11H2,1-2H3. The number of hydrogen-bond acceptors (Lipinski definition) is 4. The first-order chi connectivity index (χ1) is 9.17. The summed E-state index contributed by atoms with van der Waals surface area (Å²) < 4.78 is 0. The van der Waals surface area contributed by atoms with Crippen LogP contribution in [0.5, 0.6) is 0 Å². The molecule has 0 saturated carbocycles. The lowest BCUT2D eigenvalue weighted by molar-refractivity contribution is 0.194. The highest BCUT2D eigenvalue weighted by molar-refractivity contribution is 7.09. The molecule has 1 aromatic rings. The van der Waals surface area contributed by atoms with Gasteiger partial charge in [-0.25, -0.2) is 4.98 Å². The van der Waals surface area contributed by atoms with Crippen molar-refractivity contribution in [3.05, 3.63) is 16.1 Å². The summed E-state index contributed by atoms with van der Waals surface area (Å²) >= 11 is 1.83. The van der Waals surface area contributed by atoms with E-state index in [1.807, 2.05) is 11.3 Å². The van der Waals surface area contributed by atoms with Gasteiger partial charge in [0.25, 0.3) is 0 Å². The Bertz CT molecular complexity index is 421. The summed E-state index contributed by atoms with van der Waals surface area (Å²) in [5.74, 6) is 0.555. The maximum Gasteiger partial charge on any atom is 0.107 e. The molecule has 2 saturated heterocycles. The van der Waals surface area contributed by atoms with E-state index in [-0.39, 0.29) is 0 Å². The van der Waals surface area contributed by atoms with Crippen molar-refractivity contribution in [2.24, 2.45) is 5.41 Å². The average molecular weight is 279 g/mol. The molecule has 1 aromatic heterocycles. The third kappa shape index (κ3) is 3.01. The van der Waals surface area contributed by atoms with Crippen LogP contribution in [0.25, 0.3) is 0 Å². The number of nitrogens with one attached hydrogen (secondary N) is 1. The molecule has 3 heterocycles. The van der Waals surface area contributed by atoms with Crippen molar-refractivity contribution in [3.63, 3.8) is 0 Å². The van der Waals surface area contributed by atoms with Gasteiger partial charge in [0, 0.05) is 11.9 Å².